The first-order chi connectivity index (χ1) is 16.1. The first kappa shape index (κ1) is 22.9. The SMILES string of the molecule is CC1=C(CO)C(=O)OC([C@@H](C)C2CCC3C4C5OC5[C@@]5(O)CC=CC(=O)[C@]5(C)C4CC[C@@]32C)C1. The Balaban J connectivity index is 1.29. The summed E-state index contributed by atoms with van der Waals surface area (Å²) in [4.78, 5) is 25.7. The number of hydrogen-bond acceptors (Lipinski definition) is 6. The van der Waals surface area contributed by atoms with E-state index < -0.39 is 11.0 Å². The molecule has 0 aromatic carbocycles. The van der Waals surface area contributed by atoms with Crippen LogP contribution in [0.25, 0.3) is 0 Å². The number of rotatable bonds is 3. The Morgan fingerprint density at radius 1 is 1.18 bits per heavy atom. The molecule has 3 saturated carbocycles. The maximum absolute atomic E-state index is 13.3. The van der Waals surface area contributed by atoms with E-state index in [9.17, 15) is 19.8 Å². The summed E-state index contributed by atoms with van der Waals surface area (Å²) in [5, 5.41) is 21.2. The standard InChI is InChI=1S/C28H38O6/c1-14-12-20(33-25(31)16(14)13-29)15(2)17-7-8-18-22-19(9-11-26(17,18)3)27(4)21(30)6-5-10-28(27,32)24-23(22)34-24/h5-6,15,17-20,22-24,29,32H,7-13H2,1-4H3/t15-,17?,18?,19?,20?,22?,23?,24?,26+,27-,28-/m0/s1. The number of aliphatic hydroxyl groups excluding tert-OH is 1. The van der Waals surface area contributed by atoms with Gasteiger partial charge in [0.2, 0.25) is 0 Å². The van der Waals surface area contributed by atoms with E-state index in [4.69, 9.17) is 9.47 Å². The van der Waals surface area contributed by atoms with E-state index in [-0.39, 0.29) is 53.9 Å². The highest BCUT2D eigenvalue weighted by atomic mass is 16.6. The molecule has 11 atom stereocenters. The average molecular weight is 471 g/mol. The van der Waals surface area contributed by atoms with Gasteiger partial charge in [0, 0.05) is 6.42 Å². The fourth-order valence-electron chi connectivity index (χ4n) is 9.49. The fraction of sp³-hybridized carbons (Fsp3) is 0.786. The van der Waals surface area contributed by atoms with Crippen LogP contribution in [0.15, 0.2) is 23.3 Å². The van der Waals surface area contributed by atoms with Gasteiger partial charge in [-0.3, -0.25) is 4.79 Å². The zero-order valence-corrected chi connectivity index (χ0v) is 20.8. The molecule has 186 valence electrons. The number of epoxide rings is 1. The van der Waals surface area contributed by atoms with Crippen LogP contribution in [-0.2, 0) is 19.1 Å². The number of allylic oxidation sites excluding steroid dienone is 1. The minimum Gasteiger partial charge on any atom is -0.458 e. The summed E-state index contributed by atoms with van der Waals surface area (Å²) in [6, 6.07) is 0. The van der Waals surface area contributed by atoms with Crippen molar-refractivity contribution in [3.63, 3.8) is 0 Å². The maximum Gasteiger partial charge on any atom is 0.336 e. The molecular weight excluding hydrogens is 432 g/mol. The Kier molecular flexibility index (Phi) is 4.90. The zero-order valence-electron chi connectivity index (χ0n) is 20.8. The summed E-state index contributed by atoms with van der Waals surface area (Å²) in [6.07, 6.45) is 8.46. The fourth-order valence-corrected chi connectivity index (χ4v) is 9.49. The highest BCUT2D eigenvalue weighted by molar-refractivity contribution is 5.97. The van der Waals surface area contributed by atoms with Gasteiger partial charge in [-0.2, -0.15) is 0 Å². The quantitative estimate of drug-likeness (QED) is 0.485. The minimum atomic E-state index is -1.09. The number of aliphatic hydroxyl groups is 2. The smallest absolute Gasteiger partial charge is 0.336 e. The van der Waals surface area contributed by atoms with Gasteiger partial charge in [0.15, 0.2) is 5.78 Å². The molecule has 0 radical (unpaired) electrons. The Morgan fingerprint density at radius 2 is 1.94 bits per heavy atom. The molecule has 6 rings (SSSR count). The van der Waals surface area contributed by atoms with Crippen LogP contribution in [0.1, 0.15) is 66.2 Å². The number of cyclic esters (lactones) is 1. The minimum absolute atomic E-state index is 0.0471. The number of carbonyl (C=O) groups is 2. The summed E-state index contributed by atoms with van der Waals surface area (Å²) in [5.74, 6) is 1.20. The first-order valence-corrected chi connectivity index (χ1v) is 13.2. The van der Waals surface area contributed by atoms with E-state index in [1.54, 1.807) is 6.08 Å². The van der Waals surface area contributed by atoms with E-state index in [2.05, 4.69) is 13.8 Å². The third kappa shape index (κ3) is 2.68. The number of ether oxygens (including phenoxy) is 2. The Morgan fingerprint density at radius 3 is 2.65 bits per heavy atom. The predicted molar refractivity (Wildman–Crippen MR) is 124 cm³/mol. The van der Waals surface area contributed by atoms with Gasteiger partial charge >= 0.3 is 5.97 Å². The summed E-state index contributed by atoms with van der Waals surface area (Å²) in [6.45, 7) is 8.31. The third-order valence-electron chi connectivity index (χ3n) is 11.5. The summed E-state index contributed by atoms with van der Waals surface area (Å²) in [5.41, 5.74) is -0.426. The summed E-state index contributed by atoms with van der Waals surface area (Å²) >= 11 is 0. The molecule has 4 fully saturated rings. The van der Waals surface area contributed by atoms with E-state index >= 15 is 0 Å². The number of esters is 1. The van der Waals surface area contributed by atoms with Crippen molar-refractivity contribution in [3.05, 3.63) is 23.3 Å². The molecule has 4 aliphatic carbocycles. The molecule has 2 aliphatic heterocycles. The topological polar surface area (TPSA) is 96.4 Å². The molecule has 2 heterocycles. The molecule has 0 spiro atoms. The predicted octanol–water partition coefficient (Wildman–Crippen LogP) is 3.35. The van der Waals surface area contributed by atoms with Crippen LogP contribution in [0, 0.1) is 40.4 Å². The van der Waals surface area contributed by atoms with Crippen LogP contribution >= 0.6 is 0 Å². The van der Waals surface area contributed by atoms with Gasteiger partial charge in [0.1, 0.15) is 17.8 Å². The second-order valence-electron chi connectivity index (χ2n) is 12.6. The second-order valence-corrected chi connectivity index (χ2v) is 12.6. The second kappa shape index (κ2) is 7.27. The molecular formula is C28H38O6. The van der Waals surface area contributed by atoms with Crippen LogP contribution in [0.5, 0.6) is 0 Å². The Labute approximate surface area is 201 Å². The third-order valence-corrected chi connectivity index (χ3v) is 11.5. The van der Waals surface area contributed by atoms with E-state index in [1.807, 2.05) is 19.9 Å². The van der Waals surface area contributed by atoms with Gasteiger partial charge < -0.3 is 19.7 Å². The van der Waals surface area contributed by atoms with Crippen molar-refractivity contribution in [3.8, 4) is 0 Å². The van der Waals surface area contributed by atoms with Crippen LogP contribution in [-0.4, -0.2) is 52.5 Å². The van der Waals surface area contributed by atoms with Crippen molar-refractivity contribution in [2.45, 2.75) is 90.1 Å². The van der Waals surface area contributed by atoms with Crippen LogP contribution < -0.4 is 0 Å². The average Bonchev–Trinajstić information content (AvgIpc) is 3.52. The molecule has 2 N–H and O–H groups in total. The van der Waals surface area contributed by atoms with Crippen molar-refractivity contribution >= 4 is 11.8 Å². The highest BCUT2D eigenvalue weighted by Gasteiger charge is 2.77. The van der Waals surface area contributed by atoms with Gasteiger partial charge in [-0.25, -0.2) is 4.79 Å². The van der Waals surface area contributed by atoms with Crippen LogP contribution in [0.3, 0.4) is 0 Å². The summed E-state index contributed by atoms with van der Waals surface area (Å²) in [7, 11) is 0. The molecule has 7 unspecified atom stereocenters. The molecule has 0 amide bonds. The van der Waals surface area contributed by atoms with Crippen LogP contribution in [0.2, 0.25) is 0 Å². The molecule has 34 heavy (non-hydrogen) atoms. The largest absolute Gasteiger partial charge is 0.458 e. The molecule has 6 heteroatoms. The molecule has 1 saturated heterocycles. The van der Waals surface area contributed by atoms with Crippen molar-refractivity contribution in [1.29, 1.82) is 0 Å². The van der Waals surface area contributed by atoms with E-state index in [0.717, 1.165) is 31.3 Å². The van der Waals surface area contributed by atoms with Gasteiger partial charge in [-0.05, 0) is 87.0 Å². The monoisotopic (exact) mass is 470 g/mol. The zero-order chi connectivity index (χ0) is 24.2. The summed E-state index contributed by atoms with van der Waals surface area (Å²) < 4.78 is 12.1. The van der Waals surface area contributed by atoms with E-state index in [0.29, 0.717) is 36.2 Å². The number of fused-ring (bicyclic) bond motifs is 8. The van der Waals surface area contributed by atoms with Crippen molar-refractivity contribution in [2.24, 2.45) is 40.4 Å². The maximum atomic E-state index is 13.3. The molecule has 0 aromatic heterocycles. The molecule has 0 aromatic rings. The Bertz CT molecular complexity index is 999. The van der Waals surface area contributed by atoms with Gasteiger partial charge in [-0.1, -0.05) is 25.5 Å². The lowest BCUT2D eigenvalue weighted by Gasteiger charge is -2.60. The Hall–Kier alpha value is -1.50. The first-order valence-electron chi connectivity index (χ1n) is 13.2. The lowest BCUT2D eigenvalue weighted by atomic mass is 9.43. The lowest BCUT2D eigenvalue weighted by molar-refractivity contribution is -0.182. The number of hydrogen-bond donors (Lipinski definition) is 2. The number of carbonyl (C=O) groups excluding carboxylic acids is 2. The lowest BCUT2D eigenvalue weighted by Crippen LogP contribution is -2.67. The van der Waals surface area contributed by atoms with Gasteiger partial charge in [0.05, 0.1) is 23.7 Å². The van der Waals surface area contributed by atoms with Gasteiger partial charge in [0.25, 0.3) is 0 Å². The number of ketones is 1. The van der Waals surface area contributed by atoms with Gasteiger partial charge in [-0.15, -0.1) is 0 Å². The van der Waals surface area contributed by atoms with Crippen molar-refractivity contribution in [1.82, 2.24) is 0 Å². The van der Waals surface area contributed by atoms with Crippen LogP contribution in [0.4, 0.5) is 0 Å². The molecule has 6 nitrogen and oxygen atoms in total. The van der Waals surface area contributed by atoms with E-state index in [1.165, 1.54) is 0 Å². The molecule has 6 aliphatic rings. The van der Waals surface area contributed by atoms with Crippen molar-refractivity contribution < 1.29 is 29.3 Å². The molecule has 0 bridgehead atoms. The highest BCUT2D eigenvalue weighted by Crippen LogP contribution is 2.71. The normalized spacial score (nSPS) is 52.4. The van der Waals surface area contributed by atoms with Crippen molar-refractivity contribution in [2.75, 3.05) is 6.61 Å².